The maximum atomic E-state index is 11.4. The predicted octanol–water partition coefficient (Wildman–Crippen LogP) is 0.791. The quantitative estimate of drug-likeness (QED) is 0.829. The molecule has 0 spiro atoms. The molecule has 1 rings (SSSR count). The van der Waals surface area contributed by atoms with Crippen LogP contribution in [0, 0.1) is 0 Å². The highest BCUT2D eigenvalue weighted by Crippen LogP contribution is 2.10. The number of hydrogen-bond donors (Lipinski definition) is 2. The maximum Gasteiger partial charge on any atom is 0.238 e. The summed E-state index contributed by atoms with van der Waals surface area (Å²) >= 11 is 0. The first kappa shape index (κ1) is 14.7. The molecule has 0 aliphatic heterocycles. The molecule has 18 heavy (non-hydrogen) atoms. The number of sulfonamides is 1. The molecular weight excluding hydrogens is 252 g/mol. The molecule has 1 aromatic rings. The molecule has 6 heteroatoms. The van der Waals surface area contributed by atoms with Gasteiger partial charge in [0.2, 0.25) is 15.9 Å². The van der Waals surface area contributed by atoms with Crippen molar-refractivity contribution >= 4 is 15.9 Å². The second-order valence-electron chi connectivity index (χ2n) is 4.41. The van der Waals surface area contributed by atoms with Crippen LogP contribution in [0.4, 0.5) is 0 Å². The van der Waals surface area contributed by atoms with Crippen LogP contribution in [0.15, 0.2) is 29.2 Å². The molecule has 5 nitrogen and oxygen atoms in total. The lowest BCUT2D eigenvalue weighted by Gasteiger charge is -2.08. The van der Waals surface area contributed by atoms with Crippen LogP contribution in [0.5, 0.6) is 0 Å². The summed E-state index contributed by atoms with van der Waals surface area (Å²) in [4.78, 5) is 11.5. The van der Waals surface area contributed by atoms with Gasteiger partial charge < -0.3 is 5.32 Å². The predicted molar refractivity (Wildman–Crippen MR) is 69.4 cm³/mol. The summed E-state index contributed by atoms with van der Waals surface area (Å²) < 4.78 is 22.1. The molecule has 0 aromatic heterocycles. The number of aryl methyl sites for hydroxylation is 1. The number of nitrogens with two attached hydrogens (primary N) is 1. The largest absolute Gasteiger partial charge is 0.354 e. The molecular formula is C12H18N2O3S. The smallest absolute Gasteiger partial charge is 0.238 e. The van der Waals surface area contributed by atoms with Crippen LogP contribution in [-0.2, 0) is 21.2 Å². The monoisotopic (exact) mass is 270 g/mol. The fourth-order valence-corrected chi connectivity index (χ4v) is 2.01. The van der Waals surface area contributed by atoms with Crippen molar-refractivity contribution in [1.82, 2.24) is 5.32 Å². The van der Waals surface area contributed by atoms with Crippen molar-refractivity contribution in [3.63, 3.8) is 0 Å². The Kier molecular flexibility index (Phi) is 4.86. The number of carbonyl (C=O) groups is 1. The lowest BCUT2D eigenvalue weighted by Crippen LogP contribution is -2.30. The van der Waals surface area contributed by atoms with Gasteiger partial charge >= 0.3 is 0 Å². The van der Waals surface area contributed by atoms with Gasteiger partial charge in [-0.25, -0.2) is 13.6 Å². The van der Waals surface area contributed by atoms with Gasteiger partial charge in [-0.05, 0) is 38.0 Å². The van der Waals surface area contributed by atoms with Crippen LogP contribution in [0.3, 0.4) is 0 Å². The van der Waals surface area contributed by atoms with Crippen LogP contribution in [-0.4, -0.2) is 20.4 Å². The van der Waals surface area contributed by atoms with E-state index in [2.05, 4.69) is 5.32 Å². The molecule has 0 atom stereocenters. The molecule has 0 heterocycles. The van der Waals surface area contributed by atoms with E-state index in [1.54, 1.807) is 12.1 Å². The normalized spacial score (nSPS) is 11.6. The topological polar surface area (TPSA) is 89.3 Å². The lowest BCUT2D eigenvalue weighted by molar-refractivity contribution is -0.121. The molecule has 100 valence electrons. The summed E-state index contributed by atoms with van der Waals surface area (Å²) in [6.45, 7) is 3.80. The molecule has 0 bridgehead atoms. The summed E-state index contributed by atoms with van der Waals surface area (Å²) in [7, 11) is -3.65. The molecule has 0 unspecified atom stereocenters. The van der Waals surface area contributed by atoms with Crippen LogP contribution in [0.2, 0.25) is 0 Å². The van der Waals surface area contributed by atoms with E-state index in [1.165, 1.54) is 12.1 Å². The molecule has 0 saturated heterocycles. The standard InChI is InChI=1S/C12H18N2O3S/c1-9(2)14-12(15)8-5-10-3-6-11(7-4-10)18(13,16)17/h3-4,6-7,9H,5,8H2,1-2H3,(H,14,15)(H2,13,16,17). The van der Waals surface area contributed by atoms with Crippen molar-refractivity contribution in [2.75, 3.05) is 0 Å². The van der Waals surface area contributed by atoms with Crippen LogP contribution in [0.1, 0.15) is 25.8 Å². The Morgan fingerprint density at radius 3 is 2.28 bits per heavy atom. The van der Waals surface area contributed by atoms with Crippen molar-refractivity contribution in [1.29, 1.82) is 0 Å². The fraction of sp³-hybridized carbons (Fsp3) is 0.417. The zero-order chi connectivity index (χ0) is 13.8. The third kappa shape index (κ3) is 4.85. The van der Waals surface area contributed by atoms with Crippen molar-refractivity contribution in [2.45, 2.75) is 37.6 Å². The lowest BCUT2D eigenvalue weighted by atomic mass is 10.1. The van der Waals surface area contributed by atoms with Crippen molar-refractivity contribution in [3.05, 3.63) is 29.8 Å². The molecule has 0 saturated carbocycles. The summed E-state index contributed by atoms with van der Waals surface area (Å²) in [6, 6.07) is 6.36. The highest BCUT2D eigenvalue weighted by atomic mass is 32.2. The first-order valence-corrected chi connectivity index (χ1v) is 7.25. The number of hydrogen-bond acceptors (Lipinski definition) is 3. The zero-order valence-corrected chi connectivity index (χ0v) is 11.3. The Labute approximate surface area is 107 Å². The van der Waals surface area contributed by atoms with Gasteiger partial charge in [0.25, 0.3) is 0 Å². The van der Waals surface area contributed by atoms with Crippen LogP contribution < -0.4 is 10.5 Å². The number of amides is 1. The van der Waals surface area contributed by atoms with Crippen molar-refractivity contribution < 1.29 is 13.2 Å². The van der Waals surface area contributed by atoms with Gasteiger partial charge in [-0.2, -0.15) is 0 Å². The van der Waals surface area contributed by atoms with Crippen LogP contribution in [0.25, 0.3) is 0 Å². The maximum absolute atomic E-state index is 11.4. The van der Waals surface area contributed by atoms with E-state index < -0.39 is 10.0 Å². The van der Waals surface area contributed by atoms with Crippen molar-refractivity contribution in [3.8, 4) is 0 Å². The minimum Gasteiger partial charge on any atom is -0.354 e. The third-order valence-electron chi connectivity index (χ3n) is 2.34. The van der Waals surface area contributed by atoms with E-state index in [9.17, 15) is 13.2 Å². The highest BCUT2D eigenvalue weighted by molar-refractivity contribution is 7.89. The second-order valence-corrected chi connectivity index (χ2v) is 5.97. The van der Waals surface area contributed by atoms with Gasteiger partial charge in [0.1, 0.15) is 0 Å². The zero-order valence-electron chi connectivity index (χ0n) is 10.5. The van der Waals surface area contributed by atoms with E-state index >= 15 is 0 Å². The summed E-state index contributed by atoms with van der Waals surface area (Å²) in [6.07, 6.45) is 0.955. The Morgan fingerprint density at radius 1 is 1.28 bits per heavy atom. The van der Waals surface area contributed by atoms with Gasteiger partial charge in [0, 0.05) is 12.5 Å². The average Bonchev–Trinajstić information content (AvgIpc) is 2.25. The fourth-order valence-electron chi connectivity index (χ4n) is 1.50. The Hall–Kier alpha value is -1.40. The SMILES string of the molecule is CC(C)NC(=O)CCc1ccc(S(N)(=O)=O)cc1. The van der Waals surface area contributed by atoms with Crippen molar-refractivity contribution in [2.24, 2.45) is 5.14 Å². The third-order valence-corrected chi connectivity index (χ3v) is 3.27. The number of carbonyl (C=O) groups excluding carboxylic acids is 1. The molecule has 0 radical (unpaired) electrons. The summed E-state index contributed by atoms with van der Waals surface area (Å²) in [5.41, 5.74) is 0.904. The van der Waals surface area contributed by atoms with Gasteiger partial charge in [-0.15, -0.1) is 0 Å². The van der Waals surface area contributed by atoms with Gasteiger partial charge in [-0.1, -0.05) is 12.1 Å². The molecule has 0 aliphatic carbocycles. The highest BCUT2D eigenvalue weighted by Gasteiger charge is 2.08. The van der Waals surface area contributed by atoms with Gasteiger partial charge in [0.15, 0.2) is 0 Å². The number of benzene rings is 1. The van der Waals surface area contributed by atoms with E-state index in [0.717, 1.165) is 5.56 Å². The first-order chi connectivity index (χ1) is 8.29. The minimum atomic E-state index is -3.65. The Bertz CT molecular complexity index is 507. The van der Waals surface area contributed by atoms with E-state index in [4.69, 9.17) is 5.14 Å². The van der Waals surface area contributed by atoms with E-state index in [1.807, 2.05) is 13.8 Å². The molecule has 0 fully saturated rings. The second kappa shape index (κ2) is 5.97. The number of primary sulfonamides is 1. The average molecular weight is 270 g/mol. The molecule has 1 aromatic carbocycles. The summed E-state index contributed by atoms with van der Waals surface area (Å²) in [5, 5.41) is 7.79. The number of rotatable bonds is 5. The Morgan fingerprint density at radius 2 is 1.83 bits per heavy atom. The summed E-state index contributed by atoms with van der Waals surface area (Å²) in [5.74, 6) is -0.0134. The minimum absolute atomic E-state index is 0.0134. The van der Waals surface area contributed by atoms with Gasteiger partial charge in [-0.3, -0.25) is 4.79 Å². The number of nitrogens with one attached hydrogen (secondary N) is 1. The van der Waals surface area contributed by atoms with E-state index in [0.29, 0.717) is 12.8 Å². The molecule has 1 amide bonds. The van der Waals surface area contributed by atoms with E-state index in [-0.39, 0.29) is 16.8 Å². The van der Waals surface area contributed by atoms with Crippen LogP contribution >= 0.6 is 0 Å². The Balaban J connectivity index is 2.57. The molecule has 0 aliphatic rings. The molecule has 3 N–H and O–H groups in total. The van der Waals surface area contributed by atoms with Gasteiger partial charge in [0.05, 0.1) is 4.90 Å². The first-order valence-electron chi connectivity index (χ1n) is 5.70.